The first kappa shape index (κ1) is 19.5. The van der Waals surface area contributed by atoms with Crippen molar-refractivity contribution in [2.45, 2.75) is 34.2 Å². The first-order chi connectivity index (χ1) is 11.4. The molecule has 0 radical (unpaired) electrons. The summed E-state index contributed by atoms with van der Waals surface area (Å²) in [6.07, 6.45) is 0. The number of carbonyl (C=O) groups is 2. The van der Waals surface area contributed by atoms with Crippen molar-refractivity contribution in [3.8, 4) is 0 Å². The molecule has 0 spiro atoms. The second kappa shape index (κ2) is 10.3. The smallest absolute Gasteiger partial charge is 0.236 e. The molecule has 0 atom stereocenters. The topological polar surface area (TPSA) is 86.2 Å². The standard InChI is InChI=1S/C17H25N5O2/c1-13(18-20-15(3)23)10-22(11-14(2)19-21-16(4)24)12-17-8-6-5-7-9-17/h5-9H,10-12H2,1-4H3,(H,20,23)(H,21,24)/b18-13-,19-14-. The van der Waals surface area contributed by atoms with Gasteiger partial charge in [0, 0.05) is 44.9 Å². The van der Waals surface area contributed by atoms with Crippen molar-refractivity contribution in [2.75, 3.05) is 13.1 Å². The largest absolute Gasteiger partial charge is 0.288 e. The van der Waals surface area contributed by atoms with Crippen LogP contribution in [0, 0.1) is 0 Å². The number of nitrogens with zero attached hydrogens (tertiary/aromatic N) is 3. The van der Waals surface area contributed by atoms with E-state index >= 15 is 0 Å². The summed E-state index contributed by atoms with van der Waals surface area (Å²) < 4.78 is 0. The van der Waals surface area contributed by atoms with Gasteiger partial charge in [-0.05, 0) is 19.4 Å². The van der Waals surface area contributed by atoms with E-state index in [-0.39, 0.29) is 11.8 Å². The SMILES string of the molecule is CC(=O)N/N=C(/C)CN(C/C(C)=N\NC(C)=O)Cc1ccccc1. The highest BCUT2D eigenvalue weighted by Gasteiger charge is 2.10. The number of amides is 2. The Kier molecular flexibility index (Phi) is 8.35. The van der Waals surface area contributed by atoms with Gasteiger partial charge in [-0.15, -0.1) is 0 Å². The summed E-state index contributed by atoms with van der Waals surface area (Å²) in [5.74, 6) is -0.403. The molecule has 7 heteroatoms. The van der Waals surface area contributed by atoms with E-state index in [0.29, 0.717) is 19.6 Å². The van der Waals surface area contributed by atoms with Gasteiger partial charge in [0.15, 0.2) is 0 Å². The quantitative estimate of drug-likeness (QED) is 0.559. The van der Waals surface area contributed by atoms with Gasteiger partial charge < -0.3 is 0 Å². The van der Waals surface area contributed by atoms with Crippen molar-refractivity contribution in [2.24, 2.45) is 10.2 Å². The molecule has 0 aliphatic heterocycles. The zero-order chi connectivity index (χ0) is 17.9. The lowest BCUT2D eigenvalue weighted by Crippen LogP contribution is -2.34. The Labute approximate surface area is 142 Å². The van der Waals surface area contributed by atoms with Gasteiger partial charge in [0.05, 0.1) is 0 Å². The van der Waals surface area contributed by atoms with Crippen molar-refractivity contribution in [1.29, 1.82) is 0 Å². The van der Waals surface area contributed by atoms with E-state index in [0.717, 1.165) is 17.0 Å². The van der Waals surface area contributed by atoms with Crippen molar-refractivity contribution >= 4 is 23.2 Å². The van der Waals surface area contributed by atoms with Gasteiger partial charge in [0.25, 0.3) is 0 Å². The van der Waals surface area contributed by atoms with Gasteiger partial charge >= 0.3 is 0 Å². The van der Waals surface area contributed by atoms with E-state index in [2.05, 4.69) is 26.0 Å². The molecule has 0 heterocycles. The van der Waals surface area contributed by atoms with Crippen LogP contribution in [0.3, 0.4) is 0 Å². The maximum atomic E-state index is 11.0. The zero-order valence-electron chi connectivity index (χ0n) is 14.7. The van der Waals surface area contributed by atoms with Crippen LogP contribution in [-0.4, -0.2) is 41.2 Å². The molecule has 0 fully saturated rings. The molecule has 2 N–H and O–H groups in total. The Morgan fingerprint density at radius 1 is 0.875 bits per heavy atom. The highest BCUT2D eigenvalue weighted by molar-refractivity contribution is 5.88. The first-order valence-electron chi connectivity index (χ1n) is 7.72. The summed E-state index contributed by atoms with van der Waals surface area (Å²) in [5.41, 5.74) is 7.62. The summed E-state index contributed by atoms with van der Waals surface area (Å²) >= 11 is 0. The summed E-state index contributed by atoms with van der Waals surface area (Å²) in [7, 11) is 0. The minimum Gasteiger partial charge on any atom is -0.288 e. The fraction of sp³-hybridized carbons (Fsp3) is 0.412. The van der Waals surface area contributed by atoms with E-state index in [9.17, 15) is 9.59 Å². The third-order valence-electron chi connectivity index (χ3n) is 2.96. The number of carbonyl (C=O) groups excluding carboxylic acids is 2. The number of hydrazone groups is 2. The third kappa shape index (κ3) is 8.79. The minimum absolute atomic E-state index is 0.202. The molecule has 1 aromatic carbocycles. The minimum atomic E-state index is -0.202. The third-order valence-corrected chi connectivity index (χ3v) is 2.96. The van der Waals surface area contributed by atoms with Crippen LogP contribution < -0.4 is 10.9 Å². The second-order valence-electron chi connectivity index (χ2n) is 5.66. The molecule has 130 valence electrons. The number of hydrogen-bond donors (Lipinski definition) is 2. The normalized spacial score (nSPS) is 12.2. The van der Waals surface area contributed by atoms with Gasteiger partial charge in [-0.1, -0.05) is 30.3 Å². The lowest BCUT2D eigenvalue weighted by Gasteiger charge is -2.22. The van der Waals surface area contributed by atoms with Crippen LogP contribution in [0.1, 0.15) is 33.3 Å². The van der Waals surface area contributed by atoms with Crippen molar-refractivity contribution in [3.05, 3.63) is 35.9 Å². The van der Waals surface area contributed by atoms with Crippen LogP contribution in [0.15, 0.2) is 40.5 Å². The van der Waals surface area contributed by atoms with Crippen LogP contribution in [0.5, 0.6) is 0 Å². The fourth-order valence-electron chi connectivity index (χ4n) is 2.08. The van der Waals surface area contributed by atoms with Crippen LogP contribution in [0.25, 0.3) is 0 Å². The number of hydrogen-bond acceptors (Lipinski definition) is 5. The van der Waals surface area contributed by atoms with E-state index in [4.69, 9.17) is 0 Å². The number of benzene rings is 1. The van der Waals surface area contributed by atoms with Crippen LogP contribution in [-0.2, 0) is 16.1 Å². The van der Waals surface area contributed by atoms with Gasteiger partial charge in [0.1, 0.15) is 0 Å². The first-order valence-corrected chi connectivity index (χ1v) is 7.72. The molecule has 0 unspecified atom stereocenters. The molecule has 0 aliphatic rings. The number of rotatable bonds is 8. The number of nitrogens with one attached hydrogen (secondary N) is 2. The van der Waals surface area contributed by atoms with Gasteiger partial charge in [-0.25, -0.2) is 10.9 Å². The molecule has 1 aromatic rings. The van der Waals surface area contributed by atoms with Crippen molar-refractivity contribution < 1.29 is 9.59 Å². The van der Waals surface area contributed by atoms with Crippen molar-refractivity contribution in [1.82, 2.24) is 15.8 Å². The summed E-state index contributed by atoms with van der Waals surface area (Å²) in [6, 6.07) is 10.1. The van der Waals surface area contributed by atoms with Gasteiger partial charge in [-0.3, -0.25) is 14.5 Å². The van der Waals surface area contributed by atoms with E-state index in [1.165, 1.54) is 13.8 Å². The monoisotopic (exact) mass is 331 g/mol. The molecule has 1 rings (SSSR count). The lowest BCUT2D eigenvalue weighted by atomic mass is 10.2. The predicted octanol–water partition coefficient (Wildman–Crippen LogP) is 1.51. The van der Waals surface area contributed by atoms with Gasteiger partial charge in [-0.2, -0.15) is 10.2 Å². The molecule has 0 aliphatic carbocycles. The summed E-state index contributed by atoms with van der Waals surface area (Å²) in [4.78, 5) is 24.1. The van der Waals surface area contributed by atoms with Crippen LogP contribution >= 0.6 is 0 Å². The lowest BCUT2D eigenvalue weighted by molar-refractivity contribution is -0.119. The summed E-state index contributed by atoms with van der Waals surface area (Å²) in [6.45, 7) is 8.40. The highest BCUT2D eigenvalue weighted by Crippen LogP contribution is 2.05. The molecule has 0 bridgehead atoms. The average Bonchev–Trinajstić information content (AvgIpc) is 2.52. The van der Waals surface area contributed by atoms with Crippen LogP contribution in [0.2, 0.25) is 0 Å². The van der Waals surface area contributed by atoms with Crippen molar-refractivity contribution in [3.63, 3.8) is 0 Å². The van der Waals surface area contributed by atoms with E-state index < -0.39 is 0 Å². The molecule has 2 amide bonds. The fourth-order valence-corrected chi connectivity index (χ4v) is 2.08. The molecule has 7 nitrogen and oxygen atoms in total. The highest BCUT2D eigenvalue weighted by atomic mass is 16.2. The summed E-state index contributed by atoms with van der Waals surface area (Å²) in [5, 5.41) is 8.10. The zero-order valence-corrected chi connectivity index (χ0v) is 14.7. The maximum absolute atomic E-state index is 11.0. The predicted molar refractivity (Wildman–Crippen MR) is 95.6 cm³/mol. The molecule has 0 aromatic heterocycles. The molecule has 24 heavy (non-hydrogen) atoms. The second-order valence-corrected chi connectivity index (χ2v) is 5.66. The molecule has 0 saturated carbocycles. The Morgan fingerprint density at radius 3 is 1.75 bits per heavy atom. The Balaban J connectivity index is 2.78. The van der Waals surface area contributed by atoms with Gasteiger partial charge in [0.2, 0.25) is 11.8 Å². The molecule has 0 saturated heterocycles. The molecular weight excluding hydrogens is 306 g/mol. The Hall–Kier alpha value is -2.54. The average molecular weight is 331 g/mol. The Morgan fingerprint density at radius 2 is 1.33 bits per heavy atom. The maximum Gasteiger partial charge on any atom is 0.236 e. The van der Waals surface area contributed by atoms with E-state index in [1.54, 1.807) is 0 Å². The van der Waals surface area contributed by atoms with E-state index in [1.807, 2.05) is 44.2 Å². The molecular formula is C17H25N5O2. The Bertz CT molecular complexity index is 577. The van der Waals surface area contributed by atoms with Crippen LogP contribution in [0.4, 0.5) is 0 Å².